The maximum absolute atomic E-state index is 7.72. The fraction of sp³-hybridized carbons (Fsp3) is 0. The lowest BCUT2D eigenvalue weighted by molar-refractivity contribution is 0.483. The van der Waals surface area contributed by atoms with Crippen LogP contribution in [0.3, 0.4) is 0 Å². The van der Waals surface area contributed by atoms with Crippen molar-refractivity contribution in [2.75, 3.05) is 0 Å². The molecule has 0 spiro atoms. The van der Waals surface area contributed by atoms with E-state index in [1.807, 2.05) is 48.5 Å². The second-order valence-electron chi connectivity index (χ2n) is 4.46. The summed E-state index contributed by atoms with van der Waals surface area (Å²) in [5.74, 6) is 1.13. The Bertz CT molecular complexity index is 833. The van der Waals surface area contributed by atoms with Crippen molar-refractivity contribution in [1.29, 1.82) is 5.41 Å². The number of nitrogens with zero attached hydrogens (tertiary/aromatic N) is 1. The Balaban J connectivity index is 2.21. The minimum absolute atomic E-state index is 0.0738. The maximum atomic E-state index is 7.72. The average molecular weight is 342 g/mol. The zero-order valence-corrected chi connectivity index (χ0v) is 12.6. The van der Waals surface area contributed by atoms with Gasteiger partial charge in [-0.15, -0.1) is 0 Å². The summed E-state index contributed by atoms with van der Waals surface area (Å²) in [6, 6.07) is 15.2. The van der Waals surface area contributed by atoms with Crippen LogP contribution in [0.2, 0.25) is 0 Å². The smallest absolute Gasteiger partial charge is 0.149 e. The van der Waals surface area contributed by atoms with Gasteiger partial charge in [-0.25, -0.2) is 0 Å². The molecule has 0 amide bonds. The molecule has 0 bridgehead atoms. The van der Waals surface area contributed by atoms with Crippen LogP contribution >= 0.6 is 15.9 Å². The summed E-state index contributed by atoms with van der Waals surface area (Å²) < 4.78 is 6.84. The summed E-state index contributed by atoms with van der Waals surface area (Å²) in [5.41, 5.74) is 6.92. The van der Waals surface area contributed by atoms with Gasteiger partial charge in [-0.2, -0.15) is 0 Å². The Morgan fingerprint density at radius 1 is 1.10 bits per heavy atom. The standard InChI is InChI=1S/C16H12BrN3O/c17-12-6-2-4-8-14(12)21-15-10-5-1-3-7-13(10)20-9-11(15)16(18)19/h1-9H,(H3,18,19). The molecule has 0 fully saturated rings. The van der Waals surface area contributed by atoms with Crippen LogP contribution in [0.25, 0.3) is 10.9 Å². The molecule has 3 rings (SSSR count). The number of rotatable bonds is 3. The Morgan fingerprint density at radius 3 is 2.57 bits per heavy atom. The highest BCUT2D eigenvalue weighted by Gasteiger charge is 2.14. The first-order valence-electron chi connectivity index (χ1n) is 6.31. The molecular formula is C16H12BrN3O. The van der Waals surface area contributed by atoms with Crippen molar-refractivity contribution >= 4 is 32.7 Å². The summed E-state index contributed by atoms with van der Waals surface area (Å²) in [6.07, 6.45) is 1.57. The number of para-hydroxylation sites is 2. The first kappa shape index (κ1) is 13.6. The first-order valence-corrected chi connectivity index (χ1v) is 7.10. The van der Waals surface area contributed by atoms with Crippen molar-refractivity contribution in [2.45, 2.75) is 0 Å². The van der Waals surface area contributed by atoms with E-state index in [0.29, 0.717) is 17.1 Å². The zero-order chi connectivity index (χ0) is 14.8. The third-order valence-corrected chi connectivity index (χ3v) is 3.72. The molecule has 4 nitrogen and oxygen atoms in total. The van der Waals surface area contributed by atoms with Crippen LogP contribution in [-0.4, -0.2) is 10.8 Å². The van der Waals surface area contributed by atoms with Gasteiger partial charge in [-0.3, -0.25) is 10.4 Å². The Hall–Kier alpha value is -2.40. The summed E-state index contributed by atoms with van der Waals surface area (Å²) in [5, 5.41) is 8.54. The number of benzene rings is 2. The normalized spacial score (nSPS) is 10.5. The minimum atomic E-state index is -0.0738. The van der Waals surface area contributed by atoms with Crippen molar-refractivity contribution in [3.8, 4) is 11.5 Å². The third kappa shape index (κ3) is 2.60. The number of fused-ring (bicyclic) bond motifs is 1. The molecule has 0 aliphatic rings. The quantitative estimate of drug-likeness (QED) is 0.557. The van der Waals surface area contributed by atoms with Crippen molar-refractivity contribution in [3.63, 3.8) is 0 Å². The van der Waals surface area contributed by atoms with Gasteiger partial charge in [0.15, 0.2) is 0 Å². The maximum Gasteiger partial charge on any atom is 0.149 e. The predicted octanol–water partition coefficient (Wildman–Crippen LogP) is 4.07. The van der Waals surface area contributed by atoms with Crippen LogP contribution in [0.4, 0.5) is 0 Å². The molecule has 21 heavy (non-hydrogen) atoms. The van der Waals surface area contributed by atoms with Crippen LogP contribution < -0.4 is 10.5 Å². The van der Waals surface area contributed by atoms with Crippen molar-refractivity contribution in [3.05, 3.63) is 64.8 Å². The van der Waals surface area contributed by atoms with E-state index in [2.05, 4.69) is 20.9 Å². The number of aromatic nitrogens is 1. The number of ether oxygens (including phenoxy) is 1. The van der Waals surface area contributed by atoms with Crippen molar-refractivity contribution in [2.24, 2.45) is 5.73 Å². The molecular weight excluding hydrogens is 330 g/mol. The Labute approximate surface area is 130 Å². The molecule has 0 saturated carbocycles. The summed E-state index contributed by atoms with van der Waals surface area (Å²) in [6.45, 7) is 0. The number of amidine groups is 1. The number of nitrogens with two attached hydrogens (primary N) is 1. The van der Waals surface area contributed by atoms with Crippen LogP contribution in [0.15, 0.2) is 59.2 Å². The van der Waals surface area contributed by atoms with E-state index in [1.165, 1.54) is 0 Å². The van der Waals surface area contributed by atoms with Gasteiger partial charge in [0.05, 0.1) is 15.6 Å². The van der Waals surface area contributed by atoms with Gasteiger partial charge in [-0.1, -0.05) is 24.3 Å². The fourth-order valence-electron chi connectivity index (χ4n) is 2.06. The number of hydrogen-bond donors (Lipinski definition) is 2. The van der Waals surface area contributed by atoms with Gasteiger partial charge in [0, 0.05) is 11.6 Å². The molecule has 0 saturated heterocycles. The average Bonchev–Trinajstić information content (AvgIpc) is 2.49. The van der Waals surface area contributed by atoms with Crippen LogP contribution in [0.1, 0.15) is 5.56 Å². The molecule has 0 unspecified atom stereocenters. The van der Waals surface area contributed by atoms with Crippen molar-refractivity contribution < 1.29 is 4.74 Å². The van der Waals surface area contributed by atoms with Gasteiger partial charge in [0.2, 0.25) is 0 Å². The Morgan fingerprint density at radius 2 is 1.81 bits per heavy atom. The summed E-state index contributed by atoms with van der Waals surface area (Å²) >= 11 is 3.45. The number of pyridine rings is 1. The van der Waals surface area contributed by atoms with E-state index in [1.54, 1.807) is 6.20 Å². The van der Waals surface area contributed by atoms with E-state index in [4.69, 9.17) is 15.9 Å². The van der Waals surface area contributed by atoms with Crippen LogP contribution in [-0.2, 0) is 0 Å². The zero-order valence-electron chi connectivity index (χ0n) is 11.0. The van der Waals surface area contributed by atoms with Crippen LogP contribution in [0, 0.1) is 5.41 Å². The van der Waals surface area contributed by atoms with Gasteiger partial charge in [0.25, 0.3) is 0 Å². The highest BCUT2D eigenvalue weighted by molar-refractivity contribution is 9.10. The molecule has 0 aliphatic heterocycles. The molecule has 0 radical (unpaired) electrons. The number of halogens is 1. The van der Waals surface area contributed by atoms with Gasteiger partial charge >= 0.3 is 0 Å². The highest BCUT2D eigenvalue weighted by atomic mass is 79.9. The molecule has 2 aromatic carbocycles. The molecule has 3 N–H and O–H groups in total. The van der Waals surface area contributed by atoms with E-state index in [-0.39, 0.29) is 5.84 Å². The fourth-order valence-corrected chi connectivity index (χ4v) is 2.42. The van der Waals surface area contributed by atoms with Gasteiger partial charge in [-0.05, 0) is 40.2 Å². The topological polar surface area (TPSA) is 72.0 Å². The summed E-state index contributed by atoms with van der Waals surface area (Å²) in [7, 11) is 0. The second-order valence-corrected chi connectivity index (χ2v) is 5.32. The molecule has 1 aromatic heterocycles. The number of nitrogens with one attached hydrogen (secondary N) is 1. The molecule has 5 heteroatoms. The monoisotopic (exact) mass is 341 g/mol. The molecule has 0 aliphatic carbocycles. The predicted molar refractivity (Wildman–Crippen MR) is 87.0 cm³/mol. The molecule has 104 valence electrons. The molecule has 0 atom stereocenters. The number of nitrogen functional groups attached to an aromatic ring is 1. The van der Waals surface area contributed by atoms with E-state index in [9.17, 15) is 0 Å². The van der Waals surface area contributed by atoms with Gasteiger partial charge < -0.3 is 10.5 Å². The lowest BCUT2D eigenvalue weighted by atomic mass is 10.1. The molecule has 1 heterocycles. The first-order chi connectivity index (χ1) is 10.2. The minimum Gasteiger partial charge on any atom is -0.455 e. The second kappa shape index (κ2) is 5.54. The summed E-state index contributed by atoms with van der Waals surface area (Å²) in [4.78, 5) is 4.31. The van der Waals surface area contributed by atoms with Gasteiger partial charge in [0.1, 0.15) is 17.3 Å². The molecule has 3 aromatic rings. The van der Waals surface area contributed by atoms with Crippen molar-refractivity contribution in [1.82, 2.24) is 4.98 Å². The van der Waals surface area contributed by atoms with Crippen LogP contribution in [0.5, 0.6) is 11.5 Å². The van der Waals surface area contributed by atoms with E-state index in [0.717, 1.165) is 15.4 Å². The SMILES string of the molecule is N=C(N)c1cnc2ccccc2c1Oc1ccccc1Br. The van der Waals surface area contributed by atoms with E-state index < -0.39 is 0 Å². The third-order valence-electron chi connectivity index (χ3n) is 3.06. The Kier molecular flexibility index (Phi) is 3.58. The van der Waals surface area contributed by atoms with E-state index >= 15 is 0 Å². The highest BCUT2D eigenvalue weighted by Crippen LogP contribution is 2.35. The lowest BCUT2D eigenvalue weighted by Gasteiger charge is -2.13. The largest absolute Gasteiger partial charge is 0.455 e. The number of hydrogen-bond acceptors (Lipinski definition) is 3. The lowest BCUT2D eigenvalue weighted by Crippen LogP contribution is -2.13.